The second-order valence-corrected chi connectivity index (χ2v) is 7.81. The first kappa shape index (κ1) is 16.4. The minimum atomic E-state index is -3.29. The zero-order valence-electron chi connectivity index (χ0n) is 13.5. The van der Waals surface area contributed by atoms with Crippen LogP contribution in [0.2, 0.25) is 0 Å². The molecule has 7 heteroatoms. The summed E-state index contributed by atoms with van der Waals surface area (Å²) in [7, 11) is -3.29. The van der Waals surface area contributed by atoms with Gasteiger partial charge < -0.3 is 9.64 Å². The van der Waals surface area contributed by atoms with Crippen LogP contribution in [0.1, 0.15) is 6.92 Å². The molecular formula is C17H18N2O4S. The van der Waals surface area contributed by atoms with Gasteiger partial charge in [-0.25, -0.2) is 13.4 Å². The summed E-state index contributed by atoms with van der Waals surface area (Å²) in [5, 5.41) is 0.0613. The van der Waals surface area contributed by atoms with Gasteiger partial charge in [-0.05, 0) is 29.8 Å². The summed E-state index contributed by atoms with van der Waals surface area (Å²) in [6.07, 6.45) is 2.72. The maximum atomic E-state index is 11.4. The number of amides is 1. The fourth-order valence-electron chi connectivity index (χ4n) is 2.46. The summed E-state index contributed by atoms with van der Waals surface area (Å²) in [6.45, 7) is 2.79. The van der Waals surface area contributed by atoms with E-state index in [2.05, 4.69) is 4.98 Å². The van der Waals surface area contributed by atoms with Crippen LogP contribution in [-0.2, 0) is 14.6 Å². The molecule has 1 aliphatic rings. The summed E-state index contributed by atoms with van der Waals surface area (Å²) in [6, 6.07) is 10.7. The Morgan fingerprint density at radius 2 is 1.75 bits per heavy atom. The Kier molecular flexibility index (Phi) is 4.28. The molecule has 24 heavy (non-hydrogen) atoms. The summed E-state index contributed by atoms with van der Waals surface area (Å²) >= 11 is 0. The van der Waals surface area contributed by atoms with Gasteiger partial charge in [-0.2, -0.15) is 0 Å². The molecule has 0 unspecified atom stereocenters. The first-order chi connectivity index (χ1) is 11.3. The molecule has 0 radical (unpaired) electrons. The van der Waals surface area contributed by atoms with Gasteiger partial charge in [-0.1, -0.05) is 12.1 Å². The minimum absolute atomic E-state index is 0.0375. The lowest BCUT2D eigenvalue weighted by atomic mass is 10.1. The Hall–Kier alpha value is -2.41. The van der Waals surface area contributed by atoms with Crippen LogP contribution in [0.15, 0.2) is 47.6 Å². The van der Waals surface area contributed by atoms with Gasteiger partial charge in [-0.15, -0.1) is 0 Å². The molecule has 1 aromatic carbocycles. The zero-order valence-corrected chi connectivity index (χ0v) is 14.3. The molecule has 1 aromatic heterocycles. The van der Waals surface area contributed by atoms with E-state index < -0.39 is 9.84 Å². The van der Waals surface area contributed by atoms with Gasteiger partial charge in [0, 0.05) is 24.9 Å². The molecular weight excluding hydrogens is 328 g/mol. The van der Waals surface area contributed by atoms with Crippen LogP contribution in [0.25, 0.3) is 11.1 Å². The number of aromatic nitrogens is 1. The van der Waals surface area contributed by atoms with Crippen molar-refractivity contribution in [3.05, 3.63) is 42.6 Å². The van der Waals surface area contributed by atoms with E-state index in [1.54, 1.807) is 24.1 Å². The molecule has 0 bridgehead atoms. The second kappa shape index (κ2) is 6.24. The lowest BCUT2D eigenvalue weighted by Crippen LogP contribution is -2.55. The fraction of sp³-hybridized carbons (Fsp3) is 0.294. The maximum Gasteiger partial charge on any atom is 0.219 e. The third-order valence-electron chi connectivity index (χ3n) is 3.90. The highest BCUT2D eigenvalue weighted by Gasteiger charge is 2.30. The molecule has 1 fully saturated rings. The fourth-order valence-corrected chi connectivity index (χ4v) is 3.02. The van der Waals surface area contributed by atoms with Crippen LogP contribution < -0.4 is 4.74 Å². The molecule has 1 amide bonds. The molecule has 1 aliphatic heterocycles. The van der Waals surface area contributed by atoms with Crippen molar-refractivity contribution in [3.8, 4) is 16.9 Å². The third-order valence-corrected chi connectivity index (χ3v) is 4.90. The SMILES string of the molecule is CC(=O)N1CC(Oc2ccc(-c3ccc(S(C)(=O)=O)nc3)cc2)C1. The summed E-state index contributed by atoms with van der Waals surface area (Å²) < 4.78 is 28.6. The van der Waals surface area contributed by atoms with Crippen molar-refractivity contribution in [2.75, 3.05) is 19.3 Å². The van der Waals surface area contributed by atoms with E-state index in [9.17, 15) is 13.2 Å². The number of carbonyl (C=O) groups is 1. The molecule has 1 saturated heterocycles. The third kappa shape index (κ3) is 3.56. The first-order valence-electron chi connectivity index (χ1n) is 7.51. The average Bonchev–Trinajstić information content (AvgIpc) is 2.50. The standard InChI is InChI=1S/C17H18N2O4S/c1-12(20)19-10-16(11-19)23-15-6-3-13(4-7-15)14-5-8-17(18-9-14)24(2,21)22/h3-9,16H,10-11H2,1-2H3. The highest BCUT2D eigenvalue weighted by atomic mass is 32.2. The number of ether oxygens (including phenoxy) is 1. The van der Waals surface area contributed by atoms with Crippen molar-refractivity contribution in [2.45, 2.75) is 18.1 Å². The van der Waals surface area contributed by atoms with Gasteiger partial charge in [0.1, 0.15) is 11.9 Å². The van der Waals surface area contributed by atoms with Crippen molar-refractivity contribution in [3.63, 3.8) is 0 Å². The van der Waals surface area contributed by atoms with Crippen molar-refractivity contribution >= 4 is 15.7 Å². The summed E-state index contributed by atoms with van der Waals surface area (Å²) in [5.74, 6) is 0.808. The number of sulfone groups is 1. The second-order valence-electron chi connectivity index (χ2n) is 5.85. The summed E-state index contributed by atoms with van der Waals surface area (Å²) in [4.78, 5) is 16.9. The van der Waals surface area contributed by atoms with Crippen molar-refractivity contribution in [2.24, 2.45) is 0 Å². The largest absolute Gasteiger partial charge is 0.487 e. The van der Waals surface area contributed by atoms with Crippen molar-refractivity contribution in [1.82, 2.24) is 9.88 Å². The number of benzene rings is 1. The monoisotopic (exact) mass is 346 g/mol. The van der Waals surface area contributed by atoms with Crippen LogP contribution in [0.4, 0.5) is 0 Å². The van der Waals surface area contributed by atoms with E-state index in [4.69, 9.17) is 4.74 Å². The average molecular weight is 346 g/mol. The molecule has 6 nitrogen and oxygen atoms in total. The van der Waals surface area contributed by atoms with Crippen molar-refractivity contribution in [1.29, 1.82) is 0 Å². The number of hydrogen-bond donors (Lipinski definition) is 0. The van der Waals surface area contributed by atoms with Gasteiger partial charge in [0.25, 0.3) is 0 Å². The number of pyridine rings is 1. The van der Waals surface area contributed by atoms with E-state index in [1.165, 1.54) is 6.07 Å². The smallest absolute Gasteiger partial charge is 0.219 e. The Bertz CT molecular complexity index is 839. The van der Waals surface area contributed by atoms with Gasteiger partial charge >= 0.3 is 0 Å². The molecule has 126 valence electrons. The molecule has 0 N–H and O–H groups in total. The van der Waals surface area contributed by atoms with Crippen LogP contribution in [0.5, 0.6) is 5.75 Å². The van der Waals surface area contributed by atoms with Crippen molar-refractivity contribution < 1.29 is 17.9 Å². The maximum absolute atomic E-state index is 11.4. The number of rotatable bonds is 4. The van der Waals surface area contributed by atoms with E-state index >= 15 is 0 Å². The van der Waals surface area contributed by atoms with Gasteiger partial charge in [0.2, 0.25) is 5.91 Å². The van der Waals surface area contributed by atoms with Crippen LogP contribution in [0.3, 0.4) is 0 Å². The lowest BCUT2D eigenvalue weighted by Gasteiger charge is -2.38. The number of nitrogens with zero attached hydrogens (tertiary/aromatic N) is 2. The predicted molar refractivity (Wildman–Crippen MR) is 89.5 cm³/mol. The Morgan fingerprint density at radius 3 is 2.25 bits per heavy atom. The van der Waals surface area contributed by atoms with Crippen LogP contribution in [-0.4, -0.2) is 49.7 Å². The Labute approximate surface area is 141 Å². The van der Waals surface area contributed by atoms with E-state index in [0.29, 0.717) is 13.1 Å². The minimum Gasteiger partial charge on any atom is -0.487 e. The van der Waals surface area contributed by atoms with Gasteiger partial charge in [0.05, 0.1) is 13.1 Å². The number of likely N-dealkylation sites (tertiary alicyclic amines) is 1. The Morgan fingerprint density at radius 1 is 1.12 bits per heavy atom. The van der Waals surface area contributed by atoms with Crippen LogP contribution in [0, 0.1) is 0 Å². The van der Waals surface area contributed by atoms with Gasteiger partial charge in [-0.3, -0.25) is 4.79 Å². The van der Waals surface area contributed by atoms with Gasteiger partial charge in [0.15, 0.2) is 14.9 Å². The molecule has 3 rings (SSSR count). The zero-order chi connectivity index (χ0) is 17.3. The molecule has 0 aliphatic carbocycles. The highest BCUT2D eigenvalue weighted by molar-refractivity contribution is 7.90. The summed E-state index contributed by atoms with van der Waals surface area (Å²) in [5.41, 5.74) is 1.76. The Balaban J connectivity index is 1.65. The van der Waals surface area contributed by atoms with E-state index in [1.807, 2.05) is 24.3 Å². The molecule has 0 saturated carbocycles. The number of hydrogen-bond acceptors (Lipinski definition) is 5. The van der Waals surface area contributed by atoms with Crippen LogP contribution >= 0.6 is 0 Å². The number of carbonyl (C=O) groups excluding carboxylic acids is 1. The highest BCUT2D eigenvalue weighted by Crippen LogP contribution is 2.24. The quantitative estimate of drug-likeness (QED) is 0.843. The first-order valence-corrected chi connectivity index (χ1v) is 9.41. The van der Waals surface area contributed by atoms with E-state index in [-0.39, 0.29) is 17.0 Å². The molecule has 0 spiro atoms. The predicted octanol–water partition coefficient (Wildman–Crippen LogP) is 1.76. The molecule has 2 heterocycles. The topological polar surface area (TPSA) is 76.6 Å². The normalized spacial score (nSPS) is 15.0. The molecule has 0 atom stereocenters. The lowest BCUT2D eigenvalue weighted by molar-refractivity contribution is -0.137. The van der Waals surface area contributed by atoms with E-state index in [0.717, 1.165) is 23.1 Å². The molecule has 2 aromatic rings.